The molecule has 1 aliphatic heterocycles. The number of aromatic nitrogens is 5. The zero-order valence-corrected chi connectivity index (χ0v) is 17.6. The van der Waals surface area contributed by atoms with Gasteiger partial charge in [-0.25, -0.2) is 9.50 Å². The minimum atomic E-state index is 0.724. The maximum Gasteiger partial charge on any atom is 0.214 e. The molecule has 0 bridgehead atoms. The number of rotatable bonds is 3. The summed E-state index contributed by atoms with van der Waals surface area (Å²) in [5, 5.41) is 15.0. The quantitative estimate of drug-likeness (QED) is 0.495. The molecule has 0 atom stereocenters. The van der Waals surface area contributed by atoms with Crippen molar-refractivity contribution in [2.75, 3.05) is 36.0 Å². The van der Waals surface area contributed by atoms with Gasteiger partial charge in [-0.3, -0.25) is 0 Å². The second kappa shape index (κ2) is 7.61. The molecule has 1 saturated heterocycles. The van der Waals surface area contributed by atoms with Crippen molar-refractivity contribution in [3.8, 4) is 11.3 Å². The summed E-state index contributed by atoms with van der Waals surface area (Å²) in [7, 11) is 0. The summed E-state index contributed by atoms with van der Waals surface area (Å²) in [4.78, 5) is 10.3. The lowest BCUT2D eigenvalue weighted by Gasteiger charge is -2.21. The Morgan fingerprint density at radius 3 is 2.48 bits per heavy atom. The smallest absolute Gasteiger partial charge is 0.214 e. The van der Waals surface area contributed by atoms with E-state index in [0.717, 1.165) is 70.5 Å². The standard InChI is InChI=1S/C20H20ClN7S/c1-14-3-8-18(24-23-14)26-9-2-10-27(12-11-26)20-25-28-13-17(22-19(28)29-20)15-4-6-16(21)7-5-15/h3-8,13H,2,9-12H2,1H3. The molecule has 4 heterocycles. The van der Waals surface area contributed by atoms with Crippen LogP contribution in [-0.2, 0) is 0 Å². The van der Waals surface area contributed by atoms with Gasteiger partial charge in [-0.15, -0.1) is 10.2 Å². The van der Waals surface area contributed by atoms with E-state index < -0.39 is 0 Å². The lowest BCUT2D eigenvalue weighted by molar-refractivity contribution is 0.782. The first-order chi connectivity index (χ1) is 14.2. The van der Waals surface area contributed by atoms with Crippen molar-refractivity contribution >= 4 is 38.8 Å². The molecule has 0 N–H and O–H groups in total. The first kappa shape index (κ1) is 18.3. The van der Waals surface area contributed by atoms with Crippen molar-refractivity contribution in [3.05, 3.63) is 53.3 Å². The fraction of sp³-hybridized carbons (Fsp3) is 0.300. The van der Waals surface area contributed by atoms with Crippen LogP contribution in [0.1, 0.15) is 12.1 Å². The van der Waals surface area contributed by atoms with Gasteiger partial charge in [0.25, 0.3) is 0 Å². The third-order valence-electron chi connectivity index (χ3n) is 5.05. The molecule has 0 aliphatic carbocycles. The topological polar surface area (TPSA) is 62.5 Å². The molecule has 7 nitrogen and oxygen atoms in total. The highest BCUT2D eigenvalue weighted by molar-refractivity contribution is 7.20. The number of fused-ring (bicyclic) bond motifs is 1. The van der Waals surface area contributed by atoms with Gasteiger partial charge in [-0.1, -0.05) is 35.1 Å². The van der Waals surface area contributed by atoms with Crippen LogP contribution in [0.3, 0.4) is 0 Å². The molecule has 29 heavy (non-hydrogen) atoms. The molecule has 0 saturated carbocycles. The predicted octanol–water partition coefficient (Wildman–Crippen LogP) is 3.93. The molecule has 0 amide bonds. The summed E-state index contributed by atoms with van der Waals surface area (Å²) < 4.78 is 1.87. The number of imidazole rings is 1. The second-order valence-corrected chi connectivity index (χ2v) is 8.48. The Balaban J connectivity index is 1.32. The van der Waals surface area contributed by atoms with Crippen molar-refractivity contribution in [2.45, 2.75) is 13.3 Å². The van der Waals surface area contributed by atoms with Crippen LogP contribution in [0.5, 0.6) is 0 Å². The molecular weight excluding hydrogens is 406 g/mol. The number of nitrogens with zero attached hydrogens (tertiary/aromatic N) is 7. The van der Waals surface area contributed by atoms with Crippen LogP contribution >= 0.6 is 22.9 Å². The summed E-state index contributed by atoms with van der Waals surface area (Å²) in [6, 6.07) is 11.8. The van der Waals surface area contributed by atoms with Crippen molar-refractivity contribution in [3.63, 3.8) is 0 Å². The Bertz CT molecular complexity index is 1090. The number of benzene rings is 1. The molecular formula is C20H20ClN7S. The number of aryl methyl sites for hydroxylation is 1. The lowest BCUT2D eigenvalue weighted by Crippen LogP contribution is -2.31. The van der Waals surface area contributed by atoms with Gasteiger partial charge < -0.3 is 9.80 Å². The lowest BCUT2D eigenvalue weighted by atomic mass is 10.2. The van der Waals surface area contributed by atoms with Gasteiger partial charge in [0.2, 0.25) is 10.1 Å². The molecule has 0 unspecified atom stereocenters. The Hall–Kier alpha value is -2.71. The fourth-order valence-electron chi connectivity index (χ4n) is 3.48. The van der Waals surface area contributed by atoms with Crippen molar-refractivity contribution in [2.24, 2.45) is 0 Å². The van der Waals surface area contributed by atoms with E-state index >= 15 is 0 Å². The Kier molecular flexibility index (Phi) is 4.81. The van der Waals surface area contributed by atoms with Crippen LogP contribution in [0.25, 0.3) is 16.2 Å². The maximum atomic E-state index is 5.98. The van der Waals surface area contributed by atoms with Crippen LogP contribution in [0, 0.1) is 6.92 Å². The van der Waals surface area contributed by atoms with Crippen molar-refractivity contribution in [1.29, 1.82) is 0 Å². The highest BCUT2D eigenvalue weighted by Crippen LogP contribution is 2.28. The summed E-state index contributed by atoms with van der Waals surface area (Å²) in [6.45, 7) is 5.69. The first-order valence-electron chi connectivity index (χ1n) is 9.58. The summed E-state index contributed by atoms with van der Waals surface area (Å²) in [6.07, 6.45) is 3.03. The monoisotopic (exact) mass is 425 g/mol. The molecule has 1 aromatic carbocycles. The Morgan fingerprint density at radius 1 is 0.931 bits per heavy atom. The minimum absolute atomic E-state index is 0.724. The van der Waals surface area contributed by atoms with Crippen molar-refractivity contribution < 1.29 is 0 Å². The molecule has 148 valence electrons. The third-order valence-corrected chi connectivity index (χ3v) is 6.28. The van der Waals surface area contributed by atoms with E-state index in [1.807, 2.05) is 54.0 Å². The van der Waals surface area contributed by atoms with Crippen LogP contribution in [0.15, 0.2) is 42.6 Å². The molecule has 1 aliphatic rings. The number of hydrogen-bond donors (Lipinski definition) is 0. The molecule has 4 aromatic rings. The first-order valence-corrected chi connectivity index (χ1v) is 10.8. The van der Waals surface area contributed by atoms with E-state index in [1.165, 1.54) is 0 Å². The average molecular weight is 426 g/mol. The molecule has 3 aromatic heterocycles. The zero-order chi connectivity index (χ0) is 19.8. The van der Waals surface area contributed by atoms with Gasteiger partial charge in [0.15, 0.2) is 5.82 Å². The summed E-state index contributed by atoms with van der Waals surface area (Å²) in [5.74, 6) is 0.944. The van der Waals surface area contributed by atoms with E-state index in [4.69, 9.17) is 21.7 Å². The number of anilines is 2. The van der Waals surface area contributed by atoms with Crippen LogP contribution in [0.2, 0.25) is 5.02 Å². The van der Waals surface area contributed by atoms with E-state index in [2.05, 4.69) is 20.0 Å². The maximum absolute atomic E-state index is 5.98. The normalized spacial score (nSPS) is 15.1. The second-order valence-electron chi connectivity index (χ2n) is 7.11. The van der Waals surface area contributed by atoms with Crippen LogP contribution in [-0.4, -0.2) is 51.0 Å². The highest BCUT2D eigenvalue weighted by Gasteiger charge is 2.20. The largest absolute Gasteiger partial charge is 0.353 e. The molecule has 9 heteroatoms. The van der Waals surface area contributed by atoms with Gasteiger partial charge in [0, 0.05) is 36.8 Å². The van der Waals surface area contributed by atoms with E-state index in [1.54, 1.807) is 11.3 Å². The zero-order valence-electron chi connectivity index (χ0n) is 16.0. The van der Waals surface area contributed by atoms with E-state index in [-0.39, 0.29) is 0 Å². The number of halogens is 1. The highest BCUT2D eigenvalue weighted by atomic mass is 35.5. The van der Waals surface area contributed by atoms with Crippen molar-refractivity contribution in [1.82, 2.24) is 24.8 Å². The van der Waals surface area contributed by atoms with E-state index in [0.29, 0.717) is 0 Å². The van der Waals surface area contributed by atoms with Gasteiger partial charge in [-0.05, 0) is 37.6 Å². The molecule has 1 fully saturated rings. The van der Waals surface area contributed by atoms with Gasteiger partial charge >= 0.3 is 0 Å². The van der Waals surface area contributed by atoms with Gasteiger partial charge in [0.1, 0.15) is 0 Å². The van der Waals surface area contributed by atoms with Crippen LogP contribution < -0.4 is 9.80 Å². The summed E-state index contributed by atoms with van der Waals surface area (Å²) >= 11 is 7.61. The van der Waals surface area contributed by atoms with E-state index in [9.17, 15) is 0 Å². The Morgan fingerprint density at radius 2 is 1.72 bits per heavy atom. The molecule has 0 spiro atoms. The fourth-order valence-corrected chi connectivity index (χ4v) is 4.54. The minimum Gasteiger partial charge on any atom is -0.353 e. The average Bonchev–Trinajstić information content (AvgIpc) is 3.20. The summed E-state index contributed by atoms with van der Waals surface area (Å²) in [5.41, 5.74) is 2.89. The van der Waals surface area contributed by atoms with Gasteiger partial charge in [0.05, 0.1) is 17.6 Å². The predicted molar refractivity (Wildman–Crippen MR) is 117 cm³/mol. The van der Waals surface area contributed by atoms with Crippen LogP contribution in [0.4, 0.5) is 10.9 Å². The number of hydrogen-bond acceptors (Lipinski definition) is 7. The Labute approximate surface area is 177 Å². The SMILES string of the molecule is Cc1ccc(N2CCCN(c3nn4cc(-c5ccc(Cl)cc5)nc4s3)CC2)nn1. The van der Waals surface area contributed by atoms with Gasteiger partial charge in [-0.2, -0.15) is 5.10 Å². The molecule has 5 rings (SSSR count). The third kappa shape index (κ3) is 3.77. The molecule has 0 radical (unpaired) electrons.